The Labute approximate surface area is 91.3 Å². The van der Waals surface area contributed by atoms with Crippen molar-refractivity contribution in [2.45, 2.75) is 19.4 Å². The van der Waals surface area contributed by atoms with Gasteiger partial charge in [-0.1, -0.05) is 6.92 Å². The van der Waals surface area contributed by atoms with Crippen LogP contribution in [0.5, 0.6) is 0 Å². The van der Waals surface area contributed by atoms with Gasteiger partial charge in [-0.2, -0.15) is 0 Å². The number of hydrogen-bond acceptors (Lipinski definition) is 4. The maximum atomic E-state index is 11.8. The molecule has 2 saturated heterocycles. The highest BCUT2D eigenvalue weighted by atomic mass is 32.2. The summed E-state index contributed by atoms with van der Waals surface area (Å²) in [7, 11) is -2.87. The van der Waals surface area contributed by atoms with Gasteiger partial charge in [0.15, 0.2) is 9.84 Å². The lowest BCUT2D eigenvalue weighted by molar-refractivity contribution is 0.178. The molecule has 0 aromatic carbocycles. The van der Waals surface area contributed by atoms with Crippen LogP contribution in [-0.2, 0) is 14.6 Å². The maximum absolute atomic E-state index is 11.8. The normalized spacial score (nSPS) is 41.3. The highest BCUT2D eigenvalue weighted by Gasteiger charge is 2.32. The van der Waals surface area contributed by atoms with E-state index >= 15 is 0 Å². The molecule has 2 aliphatic heterocycles. The molecule has 88 valence electrons. The second-order valence-electron chi connectivity index (χ2n) is 4.82. The lowest BCUT2D eigenvalue weighted by Crippen LogP contribution is -2.40. The molecule has 2 aliphatic rings. The molecule has 5 heteroatoms. The van der Waals surface area contributed by atoms with Crippen molar-refractivity contribution in [2.75, 3.05) is 31.3 Å². The Morgan fingerprint density at radius 1 is 1.33 bits per heavy atom. The monoisotopic (exact) mass is 233 g/mol. The fourth-order valence-electron chi connectivity index (χ4n) is 2.42. The number of hydrogen-bond donors (Lipinski definition) is 1. The molecule has 0 aromatic rings. The van der Waals surface area contributed by atoms with Crippen LogP contribution in [0, 0.1) is 11.8 Å². The van der Waals surface area contributed by atoms with Crippen molar-refractivity contribution in [3.05, 3.63) is 0 Å². The van der Waals surface area contributed by atoms with E-state index in [1.807, 2.05) is 6.92 Å². The van der Waals surface area contributed by atoms with E-state index in [4.69, 9.17) is 4.74 Å². The molecule has 15 heavy (non-hydrogen) atoms. The molecule has 0 spiro atoms. The number of ether oxygens (including phenoxy) is 1. The van der Waals surface area contributed by atoms with E-state index in [-0.39, 0.29) is 17.7 Å². The zero-order valence-electron chi connectivity index (χ0n) is 9.11. The van der Waals surface area contributed by atoms with Gasteiger partial charge in [-0.05, 0) is 18.9 Å². The third-order valence-electron chi connectivity index (χ3n) is 3.23. The summed E-state index contributed by atoms with van der Waals surface area (Å²) < 4.78 is 28.8. The second-order valence-corrected chi connectivity index (χ2v) is 6.97. The summed E-state index contributed by atoms with van der Waals surface area (Å²) in [6, 6.07) is 0.0995. The summed E-state index contributed by atoms with van der Waals surface area (Å²) in [4.78, 5) is 0. The summed E-state index contributed by atoms with van der Waals surface area (Å²) >= 11 is 0. The average Bonchev–Trinajstić information content (AvgIpc) is 2.59. The summed E-state index contributed by atoms with van der Waals surface area (Å²) in [5, 5.41) is 3.37. The first-order valence-corrected chi connectivity index (χ1v) is 7.40. The molecule has 2 fully saturated rings. The largest absolute Gasteiger partial charge is 0.381 e. The van der Waals surface area contributed by atoms with E-state index in [2.05, 4.69) is 5.32 Å². The van der Waals surface area contributed by atoms with Crippen molar-refractivity contribution in [2.24, 2.45) is 11.8 Å². The number of nitrogens with one attached hydrogen (secondary N) is 1. The van der Waals surface area contributed by atoms with Crippen molar-refractivity contribution >= 4 is 9.84 Å². The van der Waals surface area contributed by atoms with Gasteiger partial charge in [0.2, 0.25) is 0 Å². The van der Waals surface area contributed by atoms with Gasteiger partial charge in [-0.3, -0.25) is 0 Å². The van der Waals surface area contributed by atoms with Crippen LogP contribution in [0.25, 0.3) is 0 Å². The molecule has 3 atom stereocenters. The van der Waals surface area contributed by atoms with E-state index in [9.17, 15) is 8.42 Å². The lowest BCUT2D eigenvalue weighted by atomic mass is 10.0. The Hall–Kier alpha value is -0.130. The van der Waals surface area contributed by atoms with E-state index in [1.165, 1.54) is 0 Å². The Bertz CT molecular complexity index is 309. The van der Waals surface area contributed by atoms with Crippen LogP contribution in [0.3, 0.4) is 0 Å². The molecule has 0 amide bonds. The van der Waals surface area contributed by atoms with Crippen molar-refractivity contribution in [1.29, 1.82) is 0 Å². The van der Waals surface area contributed by atoms with Gasteiger partial charge in [0.25, 0.3) is 0 Å². The van der Waals surface area contributed by atoms with Crippen LogP contribution < -0.4 is 5.32 Å². The fraction of sp³-hybridized carbons (Fsp3) is 1.00. The molecular formula is C10H19NO3S. The first-order chi connectivity index (χ1) is 7.07. The second kappa shape index (κ2) is 4.39. The highest BCUT2D eigenvalue weighted by molar-refractivity contribution is 7.91. The predicted molar refractivity (Wildman–Crippen MR) is 58.5 cm³/mol. The summed E-state index contributed by atoms with van der Waals surface area (Å²) in [5.41, 5.74) is 0. The van der Waals surface area contributed by atoms with Crippen LogP contribution in [0.2, 0.25) is 0 Å². The molecule has 0 aromatic heterocycles. The minimum atomic E-state index is -2.87. The summed E-state index contributed by atoms with van der Waals surface area (Å²) in [6.45, 7) is 4.28. The van der Waals surface area contributed by atoms with E-state index in [0.29, 0.717) is 18.3 Å². The van der Waals surface area contributed by atoms with Gasteiger partial charge in [-0.25, -0.2) is 8.42 Å². The first-order valence-electron chi connectivity index (χ1n) is 5.58. The third kappa shape index (κ3) is 2.92. The zero-order chi connectivity index (χ0) is 10.9. The SMILES string of the molecule is CC1CNC(C2CCOC2)CS(=O)(=O)C1. The Morgan fingerprint density at radius 2 is 2.13 bits per heavy atom. The van der Waals surface area contributed by atoms with Crippen molar-refractivity contribution in [1.82, 2.24) is 5.32 Å². The van der Waals surface area contributed by atoms with Crippen LogP contribution >= 0.6 is 0 Å². The van der Waals surface area contributed by atoms with Gasteiger partial charge < -0.3 is 10.1 Å². The molecule has 0 aliphatic carbocycles. The topological polar surface area (TPSA) is 55.4 Å². The van der Waals surface area contributed by atoms with Crippen molar-refractivity contribution in [3.63, 3.8) is 0 Å². The lowest BCUT2D eigenvalue weighted by Gasteiger charge is -2.21. The van der Waals surface area contributed by atoms with Gasteiger partial charge >= 0.3 is 0 Å². The molecule has 0 saturated carbocycles. The quantitative estimate of drug-likeness (QED) is 0.695. The standard InChI is InChI=1S/C10H19NO3S/c1-8-4-11-10(7-15(12,13)6-8)9-2-3-14-5-9/h8-11H,2-7H2,1H3. The van der Waals surface area contributed by atoms with Crippen LogP contribution in [0.4, 0.5) is 0 Å². The molecule has 4 nitrogen and oxygen atoms in total. The molecule has 0 radical (unpaired) electrons. The highest BCUT2D eigenvalue weighted by Crippen LogP contribution is 2.20. The van der Waals surface area contributed by atoms with E-state index in [0.717, 1.165) is 19.6 Å². The van der Waals surface area contributed by atoms with Crippen molar-refractivity contribution in [3.8, 4) is 0 Å². The first kappa shape index (κ1) is 11.4. The van der Waals surface area contributed by atoms with Gasteiger partial charge in [0, 0.05) is 18.6 Å². The molecule has 2 heterocycles. The van der Waals surface area contributed by atoms with Gasteiger partial charge in [0.1, 0.15) is 0 Å². The van der Waals surface area contributed by atoms with Crippen LogP contribution in [-0.4, -0.2) is 45.7 Å². The molecule has 2 rings (SSSR count). The van der Waals surface area contributed by atoms with Crippen LogP contribution in [0.15, 0.2) is 0 Å². The Morgan fingerprint density at radius 3 is 2.80 bits per heavy atom. The molecule has 0 bridgehead atoms. The van der Waals surface area contributed by atoms with E-state index < -0.39 is 9.84 Å². The minimum Gasteiger partial charge on any atom is -0.381 e. The minimum absolute atomic E-state index is 0.0995. The molecule has 1 N–H and O–H groups in total. The zero-order valence-corrected chi connectivity index (χ0v) is 9.92. The maximum Gasteiger partial charge on any atom is 0.152 e. The summed E-state index contributed by atoms with van der Waals surface area (Å²) in [6.07, 6.45) is 0.988. The average molecular weight is 233 g/mol. The Balaban J connectivity index is 2.06. The summed E-state index contributed by atoms with van der Waals surface area (Å²) in [5.74, 6) is 1.21. The number of rotatable bonds is 1. The van der Waals surface area contributed by atoms with Crippen molar-refractivity contribution < 1.29 is 13.2 Å². The van der Waals surface area contributed by atoms with E-state index in [1.54, 1.807) is 0 Å². The van der Waals surface area contributed by atoms with Crippen LogP contribution in [0.1, 0.15) is 13.3 Å². The molecule has 3 unspecified atom stereocenters. The Kier molecular flexibility index (Phi) is 3.33. The fourth-order valence-corrected chi connectivity index (χ4v) is 4.48. The third-order valence-corrected chi connectivity index (χ3v) is 5.18. The molecular weight excluding hydrogens is 214 g/mol. The predicted octanol–water partition coefficient (Wildman–Crippen LogP) is 0.0456. The van der Waals surface area contributed by atoms with Gasteiger partial charge in [-0.15, -0.1) is 0 Å². The number of sulfone groups is 1. The van der Waals surface area contributed by atoms with Gasteiger partial charge in [0.05, 0.1) is 18.1 Å². The smallest absolute Gasteiger partial charge is 0.152 e.